The number of hydrogen-bond acceptors (Lipinski definition) is 4. The Hall–Kier alpha value is -1.04. The number of rotatable bonds is 7. The molecule has 0 radical (unpaired) electrons. The largest absolute Gasteiger partial charge is 0.376 e. The van der Waals surface area contributed by atoms with Gasteiger partial charge in [0.25, 0.3) is 0 Å². The van der Waals surface area contributed by atoms with Crippen LogP contribution in [0.3, 0.4) is 0 Å². The maximum absolute atomic E-state index is 12.1. The second kappa shape index (κ2) is 7.99. The zero-order valence-corrected chi connectivity index (χ0v) is 13.7. The molecule has 5 heteroatoms. The summed E-state index contributed by atoms with van der Waals surface area (Å²) in [7, 11) is 0. The van der Waals surface area contributed by atoms with Crippen molar-refractivity contribution in [3.05, 3.63) is 29.8 Å². The Labute approximate surface area is 136 Å². The minimum absolute atomic E-state index is 0.0797. The molecule has 0 spiro atoms. The van der Waals surface area contributed by atoms with Crippen LogP contribution in [0.4, 0.5) is 5.69 Å². The maximum Gasteiger partial charge on any atom is 0.225 e. The lowest BCUT2D eigenvalue weighted by Crippen LogP contribution is -2.39. The summed E-state index contributed by atoms with van der Waals surface area (Å²) in [5.41, 5.74) is 1.98. The minimum atomic E-state index is 0.0797. The van der Waals surface area contributed by atoms with Crippen LogP contribution in [0, 0.1) is 5.92 Å². The molecular formula is C17H24N2O2S. The molecule has 1 amide bonds. The molecule has 0 aromatic heterocycles. The van der Waals surface area contributed by atoms with E-state index in [9.17, 15) is 4.79 Å². The van der Waals surface area contributed by atoms with E-state index in [1.54, 1.807) is 0 Å². The molecule has 2 N–H and O–H groups in total. The van der Waals surface area contributed by atoms with Gasteiger partial charge in [-0.1, -0.05) is 12.1 Å². The summed E-state index contributed by atoms with van der Waals surface area (Å²) >= 11 is 1.91. The van der Waals surface area contributed by atoms with Crippen LogP contribution in [0.15, 0.2) is 24.3 Å². The zero-order valence-electron chi connectivity index (χ0n) is 12.8. The third kappa shape index (κ3) is 5.30. The smallest absolute Gasteiger partial charge is 0.225 e. The number of amides is 1. The summed E-state index contributed by atoms with van der Waals surface area (Å²) in [6.07, 6.45) is 3.16. The average molecular weight is 320 g/mol. The fourth-order valence-corrected chi connectivity index (χ4v) is 3.50. The first-order valence-electron chi connectivity index (χ1n) is 8.07. The molecule has 1 aliphatic heterocycles. The summed E-state index contributed by atoms with van der Waals surface area (Å²) < 4.78 is 5.70. The third-order valence-electron chi connectivity index (χ3n) is 3.96. The van der Waals surface area contributed by atoms with Crippen molar-refractivity contribution in [2.24, 2.45) is 5.92 Å². The maximum atomic E-state index is 12.1. The van der Waals surface area contributed by atoms with Gasteiger partial charge in [0.05, 0.1) is 6.61 Å². The van der Waals surface area contributed by atoms with Gasteiger partial charge < -0.3 is 15.4 Å². The van der Waals surface area contributed by atoms with Crippen LogP contribution in [0.2, 0.25) is 0 Å². The fraction of sp³-hybridized carbons (Fsp3) is 0.588. The van der Waals surface area contributed by atoms with Gasteiger partial charge in [0.2, 0.25) is 5.91 Å². The first kappa shape index (κ1) is 15.8. The van der Waals surface area contributed by atoms with Gasteiger partial charge in [-0.05, 0) is 36.5 Å². The van der Waals surface area contributed by atoms with Gasteiger partial charge >= 0.3 is 0 Å². The van der Waals surface area contributed by atoms with Crippen molar-refractivity contribution in [2.75, 3.05) is 30.0 Å². The summed E-state index contributed by atoms with van der Waals surface area (Å²) in [6, 6.07) is 8.25. The number of ether oxygens (including phenoxy) is 1. The lowest BCUT2D eigenvalue weighted by atomic mass is 10.2. The first-order valence-corrected chi connectivity index (χ1v) is 9.23. The molecule has 1 aliphatic carbocycles. The van der Waals surface area contributed by atoms with Crippen molar-refractivity contribution in [3.63, 3.8) is 0 Å². The molecular weight excluding hydrogens is 296 g/mol. The third-order valence-corrected chi connectivity index (χ3v) is 5.09. The zero-order chi connectivity index (χ0) is 15.2. The van der Waals surface area contributed by atoms with Gasteiger partial charge in [0, 0.05) is 42.8 Å². The van der Waals surface area contributed by atoms with E-state index < -0.39 is 0 Å². The van der Waals surface area contributed by atoms with E-state index >= 15 is 0 Å². The van der Waals surface area contributed by atoms with E-state index in [0.717, 1.165) is 41.8 Å². The molecule has 1 saturated heterocycles. The van der Waals surface area contributed by atoms with E-state index in [2.05, 4.69) is 10.6 Å². The summed E-state index contributed by atoms with van der Waals surface area (Å²) in [5, 5.41) is 6.39. The van der Waals surface area contributed by atoms with Crippen LogP contribution in [0.25, 0.3) is 0 Å². The van der Waals surface area contributed by atoms with Crippen molar-refractivity contribution < 1.29 is 9.53 Å². The Balaban J connectivity index is 1.44. The van der Waals surface area contributed by atoms with Gasteiger partial charge in [-0.15, -0.1) is 0 Å². The minimum Gasteiger partial charge on any atom is -0.376 e. The highest BCUT2D eigenvalue weighted by molar-refractivity contribution is 7.99. The van der Waals surface area contributed by atoms with Gasteiger partial charge in [-0.2, -0.15) is 11.8 Å². The number of hydrogen-bond donors (Lipinski definition) is 2. The number of anilines is 1. The molecule has 120 valence electrons. The van der Waals surface area contributed by atoms with E-state index in [4.69, 9.17) is 4.74 Å². The highest BCUT2D eigenvalue weighted by Gasteiger charge is 2.21. The van der Waals surface area contributed by atoms with Crippen LogP contribution < -0.4 is 10.6 Å². The van der Waals surface area contributed by atoms with Gasteiger partial charge in [-0.3, -0.25) is 4.79 Å². The molecule has 4 nitrogen and oxygen atoms in total. The van der Waals surface area contributed by atoms with Crippen molar-refractivity contribution in [1.82, 2.24) is 5.32 Å². The second-order valence-electron chi connectivity index (χ2n) is 6.14. The summed E-state index contributed by atoms with van der Waals surface area (Å²) in [4.78, 5) is 12.1. The highest BCUT2D eigenvalue weighted by Crippen LogP contribution is 2.29. The Kier molecular flexibility index (Phi) is 5.76. The van der Waals surface area contributed by atoms with Crippen molar-refractivity contribution in [3.8, 4) is 0 Å². The standard InChI is InChI=1S/C17H24N2O2S/c20-17(9-16-12-22-7-6-18-16)19-15-3-1-2-14(8-15)11-21-10-13-4-5-13/h1-3,8,13,16,18H,4-7,9-12H2,(H,19,20). The summed E-state index contributed by atoms with van der Waals surface area (Å²) in [6.45, 7) is 2.49. The molecule has 1 saturated carbocycles. The van der Waals surface area contributed by atoms with Gasteiger partial charge in [0.15, 0.2) is 0 Å². The number of benzene rings is 1. The Bertz CT molecular complexity index is 499. The number of nitrogens with one attached hydrogen (secondary N) is 2. The first-order chi connectivity index (χ1) is 10.8. The predicted octanol–water partition coefficient (Wildman–Crippen LogP) is 2.65. The molecule has 1 heterocycles. The molecule has 2 fully saturated rings. The van der Waals surface area contributed by atoms with Crippen molar-refractivity contribution in [1.29, 1.82) is 0 Å². The monoisotopic (exact) mass is 320 g/mol. The van der Waals surface area contributed by atoms with E-state index in [-0.39, 0.29) is 5.91 Å². The van der Waals surface area contributed by atoms with Gasteiger partial charge in [-0.25, -0.2) is 0 Å². The lowest BCUT2D eigenvalue weighted by molar-refractivity contribution is -0.116. The molecule has 22 heavy (non-hydrogen) atoms. The van der Waals surface area contributed by atoms with Crippen LogP contribution in [-0.2, 0) is 16.1 Å². The van der Waals surface area contributed by atoms with Crippen LogP contribution in [0.1, 0.15) is 24.8 Å². The lowest BCUT2D eigenvalue weighted by Gasteiger charge is -2.22. The van der Waals surface area contributed by atoms with Crippen LogP contribution >= 0.6 is 11.8 Å². The van der Waals surface area contributed by atoms with Gasteiger partial charge in [0.1, 0.15) is 0 Å². The average Bonchev–Trinajstić information content (AvgIpc) is 3.33. The van der Waals surface area contributed by atoms with Crippen molar-refractivity contribution >= 4 is 23.4 Å². The molecule has 0 bridgehead atoms. The quantitative estimate of drug-likeness (QED) is 0.811. The summed E-state index contributed by atoms with van der Waals surface area (Å²) in [5.74, 6) is 3.02. The molecule has 1 atom stereocenters. The molecule has 3 rings (SSSR count). The Morgan fingerprint density at radius 3 is 3.09 bits per heavy atom. The second-order valence-corrected chi connectivity index (χ2v) is 7.29. The van der Waals surface area contributed by atoms with Crippen LogP contribution in [-0.4, -0.2) is 36.6 Å². The Morgan fingerprint density at radius 1 is 1.41 bits per heavy atom. The Morgan fingerprint density at radius 2 is 2.32 bits per heavy atom. The highest BCUT2D eigenvalue weighted by atomic mass is 32.2. The number of carbonyl (C=O) groups excluding carboxylic acids is 1. The number of thioether (sulfide) groups is 1. The predicted molar refractivity (Wildman–Crippen MR) is 91.2 cm³/mol. The SMILES string of the molecule is O=C(CC1CSCCN1)Nc1cccc(COCC2CC2)c1. The van der Waals surface area contributed by atoms with E-state index in [1.165, 1.54) is 12.8 Å². The molecule has 1 unspecified atom stereocenters. The topological polar surface area (TPSA) is 50.4 Å². The van der Waals surface area contributed by atoms with Crippen molar-refractivity contribution in [2.45, 2.75) is 31.9 Å². The number of carbonyl (C=O) groups is 1. The molecule has 1 aromatic rings. The van der Waals surface area contributed by atoms with E-state index in [1.807, 2.05) is 36.0 Å². The van der Waals surface area contributed by atoms with E-state index in [0.29, 0.717) is 19.1 Å². The fourth-order valence-electron chi connectivity index (χ4n) is 2.55. The van der Waals surface area contributed by atoms with Crippen LogP contribution in [0.5, 0.6) is 0 Å². The normalized spacial score (nSPS) is 21.5. The molecule has 1 aromatic carbocycles. The molecule has 2 aliphatic rings.